The van der Waals surface area contributed by atoms with Crippen LogP contribution in [0.25, 0.3) is 10.8 Å². The molecule has 1 atom stereocenters. The van der Waals surface area contributed by atoms with Crippen LogP contribution in [0.4, 0.5) is 5.69 Å². The van der Waals surface area contributed by atoms with Gasteiger partial charge in [0.05, 0.1) is 5.25 Å². The first-order valence-corrected chi connectivity index (χ1v) is 10.3. The van der Waals surface area contributed by atoms with Crippen LogP contribution in [0.2, 0.25) is 0 Å². The molecule has 0 spiro atoms. The lowest BCUT2D eigenvalue weighted by atomic mass is 10.0. The van der Waals surface area contributed by atoms with E-state index < -0.39 is 5.25 Å². The van der Waals surface area contributed by atoms with Crippen LogP contribution in [-0.4, -0.2) is 17.1 Å². The van der Waals surface area contributed by atoms with Gasteiger partial charge in [-0.05, 0) is 39.9 Å². The summed E-state index contributed by atoms with van der Waals surface area (Å²) in [4.78, 5) is 24.6. The van der Waals surface area contributed by atoms with Crippen molar-refractivity contribution in [1.29, 1.82) is 0 Å². The largest absolute Gasteiger partial charge is 0.351 e. The maximum atomic E-state index is 12.3. The summed E-state index contributed by atoms with van der Waals surface area (Å²) >= 11 is 4.31. The number of nitrogens with one attached hydrogen (secondary N) is 2. The Labute approximate surface area is 177 Å². The Balaban J connectivity index is 1.49. The number of hydrogen-bond acceptors (Lipinski definition) is 3. The number of carbonyl (C=O) groups is 2. The highest BCUT2D eigenvalue weighted by Crippen LogP contribution is 2.19. The van der Waals surface area contributed by atoms with Crippen LogP contribution in [0.3, 0.4) is 0 Å². The van der Waals surface area contributed by atoms with Gasteiger partial charge < -0.3 is 10.6 Å². The molecule has 0 aliphatic carbocycles. The van der Waals surface area contributed by atoms with Crippen molar-refractivity contribution >= 4 is 40.9 Å². The molecule has 4 nitrogen and oxygen atoms in total. The monoisotopic (exact) mass is 406 g/mol. The summed E-state index contributed by atoms with van der Waals surface area (Å²) in [5.41, 5.74) is 2.99. The van der Waals surface area contributed by atoms with Crippen LogP contribution in [-0.2, 0) is 16.1 Å². The topological polar surface area (TPSA) is 58.2 Å². The third-order valence-electron chi connectivity index (χ3n) is 4.83. The van der Waals surface area contributed by atoms with Crippen LogP contribution in [0.15, 0.2) is 66.7 Å². The van der Waals surface area contributed by atoms with Gasteiger partial charge >= 0.3 is 0 Å². The fraction of sp³-hybridized carbons (Fsp3) is 0.250. The molecule has 0 saturated carbocycles. The van der Waals surface area contributed by atoms with Gasteiger partial charge in [-0.3, -0.25) is 9.59 Å². The van der Waals surface area contributed by atoms with Gasteiger partial charge in [0, 0.05) is 18.7 Å². The lowest BCUT2D eigenvalue weighted by molar-refractivity contribution is -0.123. The molecule has 0 aliphatic rings. The number of amides is 2. The third-order valence-corrected chi connectivity index (χ3v) is 5.24. The first-order valence-electron chi connectivity index (χ1n) is 9.75. The molecule has 2 amide bonds. The summed E-state index contributed by atoms with van der Waals surface area (Å²) in [6, 6.07) is 21.8. The molecule has 0 aliphatic heterocycles. The zero-order chi connectivity index (χ0) is 20.8. The van der Waals surface area contributed by atoms with E-state index in [4.69, 9.17) is 0 Å². The zero-order valence-corrected chi connectivity index (χ0v) is 17.6. The van der Waals surface area contributed by atoms with Gasteiger partial charge in [0.15, 0.2) is 0 Å². The van der Waals surface area contributed by atoms with E-state index in [1.807, 2.05) is 54.6 Å². The molecule has 0 aromatic heterocycles. The lowest BCUT2D eigenvalue weighted by Crippen LogP contribution is -2.33. The van der Waals surface area contributed by atoms with E-state index in [1.165, 1.54) is 5.56 Å². The molecule has 2 N–H and O–H groups in total. The number of fused-ring (bicyclic) bond motifs is 1. The minimum Gasteiger partial charge on any atom is -0.351 e. The highest BCUT2D eigenvalue weighted by molar-refractivity contribution is 7.81. The molecule has 0 saturated heterocycles. The number of rotatable bonds is 7. The molecular formula is C24H26N2O2S. The molecule has 29 heavy (non-hydrogen) atoms. The second-order valence-electron chi connectivity index (χ2n) is 7.44. The molecule has 150 valence electrons. The predicted octanol–water partition coefficient (Wildman–Crippen LogP) is 4.91. The van der Waals surface area contributed by atoms with Crippen LogP contribution < -0.4 is 10.6 Å². The Kier molecular flexibility index (Phi) is 6.94. The van der Waals surface area contributed by atoms with Gasteiger partial charge in [-0.15, -0.1) is 0 Å². The maximum Gasteiger partial charge on any atom is 0.233 e. The quantitative estimate of drug-likeness (QED) is 0.489. The van der Waals surface area contributed by atoms with Gasteiger partial charge in [0.25, 0.3) is 0 Å². The van der Waals surface area contributed by atoms with Crippen LogP contribution in [0.5, 0.6) is 0 Å². The van der Waals surface area contributed by atoms with Crippen molar-refractivity contribution < 1.29 is 9.59 Å². The predicted molar refractivity (Wildman–Crippen MR) is 122 cm³/mol. The van der Waals surface area contributed by atoms with Gasteiger partial charge in [-0.1, -0.05) is 68.4 Å². The number of hydrogen-bond donors (Lipinski definition) is 3. The molecule has 5 heteroatoms. The SMILES string of the molecule is CC(C)c1ccc(CNC(=O)C(S)CC(=O)Nc2ccc3ccccc3c2)cc1. The molecule has 3 aromatic rings. The first-order chi connectivity index (χ1) is 13.9. The molecule has 3 rings (SSSR count). The van der Waals surface area contributed by atoms with Crippen molar-refractivity contribution in [2.24, 2.45) is 0 Å². The van der Waals surface area contributed by atoms with E-state index >= 15 is 0 Å². The van der Waals surface area contributed by atoms with Gasteiger partial charge in [-0.25, -0.2) is 0 Å². The van der Waals surface area contributed by atoms with E-state index in [-0.39, 0.29) is 18.2 Å². The maximum absolute atomic E-state index is 12.3. The molecule has 3 aromatic carbocycles. The molecule has 0 heterocycles. The summed E-state index contributed by atoms with van der Waals surface area (Å²) in [7, 11) is 0. The lowest BCUT2D eigenvalue weighted by Gasteiger charge is -2.13. The minimum atomic E-state index is -0.703. The number of thiol groups is 1. The Hall–Kier alpha value is -2.79. The second-order valence-corrected chi connectivity index (χ2v) is 8.07. The number of carbonyl (C=O) groups excluding carboxylic acids is 2. The standard InChI is InChI=1S/C24H26N2O2S/c1-16(2)18-9-7-17(8-10-18)15-25-24(28)22(29)14-23(27)26-21-12-11-19-5-3-4-6-20(19)13-21/h3-13,16,22,29H,14-15H2,1-2H3,(H,25,28)(H,26,27). The Morgan fingerprint density at radius 1 is 0.931 bits per heavy atom. The fourth-order valence-electron chi connectivity index (χ4n) is 3.07. The van der Waals surface area contributed by atoms with Crippen LogP contribution >= 0.6 is 12.6 Å². The molecular weight excluding hydrogens is 380 g/mol. The molecule has 0 bridgehead atoms. The van der Waals surface area contributed by atoms with Gasteiger partial charge in [0.2, 0.25) is 11.8 Å². The van der Waals surface area contributed by atoms with Crippen molar-refractivity contribution in [2.45, 2.75) is 38.0 Å². The molecule has 0 radical (unpaired) electrons. The summed E-state index contributed by atoms with van der Waals surface area (Å²) in [5, 5.41) is 7.14. The van der Waals surface area contributed by atoms with Crippen molar-refractivity contribution in [1.82, 2.24) is 5.32 Å². The number of anilines is 1. The highest BCUT2D eigenvalue weighted by atomic mass is 32.1. The minimum absolute atomic E-state index is 0.00799. The van der Waals surface area contributed by atoms with E-state index in [2.05, 4.69) is 49.2 Å². The van der Waals surface area contributed by atoms with Gasteiger partial charge in [-0.2, -0.15) is 12.6 Å². The van der Waals surface area contributed by atoms with Crippen molar-refractivity contribution in [3.8, 4) is 0 Å². The second kappa shape index (κ2) is 9.61. The van der Waals surface area contributed by atoms with Crippen LogP contribution in [0, 0.1) is 0 Å². The van der Waals surface area contributed by atoms with Crippen molar-refractivity contribution in [3.63, 3.8) is 0 Å². The summed E-state index contributed by atoms with van der Waals surface area (Å²) in [6.45, 7) is 4.71. The highest BCUT2D eigenvalue weighted by Gasteiger charge is 2.18. The third kappa shape index (κ3) is 5.84. The number of benzene rings is 3. The Morgan fingerprint density at radius 2 is 1.62 bits per heavy atom. The van der Waals surface area contributed by atoms with Crippen molar-refractivity contribution in [3.05, 3.63) is 77.9 Å². The molecule has 0 fully saturated rings. The smallest absolute Gasteiger partial charge is 0.233 e. The average Bonchev–Trinajstić information content (AvgIpc) is 2.72. The zero-order valence-electron chi connectivity index (χ0n) is 16.7. The Bertz CT molecular complexity index is 999. The summed E-state index contributed by atoms with van der Waals surface area (Å²) in [6.07, 6.45) is 0.00799. The summed E-state index contributed by atoms with van der Waals surface area (Å²) < 4.78 is 0. The molecule has 1 unspecified atom stereocenters. The van der Waals surface area contributed by atoms with E-state index in [9.17, 15) is 9.59 Å². The van der Waals surface area contributed by atoms with Crippen molar-refractivity contribution in [2.75, 3.05) is 5.32 Å². The summed E-state index contributed by atoms with van der Waals surface area (Å²) in [5.74, 6) is -0.0202. The van der Waals surface area contributed by atoms with E-state index in [0.29, 0.717) is 18.2 Å². The first kappa shape index (κ1) is 20.9. The normalized spacial score (nSPS) is 12.0. The van der Waals surface area contributed by atoms with E-state index in [1.54, 1.807) is 0 Å². The average molecular weight is 407 g/mol. The van der Waals surface area contributed by atoms with Gasteiger partial charge in [0.1, 0.15) is 0 Å². The Morgan fingerprint density at radius 3 is 2.31 bits per heavy atom. The fourth-order valence-corrected chi connectivity index (χ4v) is 3.33. The van der Waals surface area contributed by atoms with Crippen LogP contribution in [0.1, 0.15) is 37.3 Å². The van der Waals surface area contributed by atoms with E-state index in [0.717, 1.165) is 16.3 Å².